The highest BCUT2D eigenvalue weighted by atomic mass is 16.5. The van der Waals surface area contributed by atoms with E-state index < -0.39 is 5.78 Å². The largest absolute Gasteiger partial charge is 0.491 e. The van der Waals surface area contributed by atoms with E-state index in [0.717, 1.165) is 48.2 Å². The van der Waals surface area contributed by atoms with E-state index in [1.165, 1.54) is 12.4 Å². The smallest absolute Gasteiger partial charge is 0.234 e. The van der Waals surface area contributed by atoms with Crippen LogP contribution >= 0.6 is 0 Å². The van der Waals surface area contributed by atoms with Gasteiger partial charge in [-0.1, -0.05) is 36.4 Å². The van der Waals surface area contributed by atoms with Crippen molar-refractivity contribution in [3.63, 3.8) is 0 Å². The third-order valence-corrected chi connectivity index (χ3v) is 11.2. The van der Waals surface area contributed by atoms with Crippen LogP contribution in [0.1, 0.15) is 76.2 Å². The number of benzene rings is 2. The van der Waals surface area contributed by atoms with Crippen molar-refractivity contribution >= 4 is 28.8 Å². The molecule has 0 amide bonds. The number of pyridine rings is 2. The van der Waals surface area contributed by atoms with Gasteiger partial charge in [-0.3, -0.25) is 4.79 Å². The maximum Gasteiger partial charge on any atom is 0.234 e. The average molecular weight is 809 g/mol. The maximum atomic E-state index is 15.3. The number of hydrogen-bond donors (Lipinski definition) is 2. The number of rotatable bonds is 12. The fraction of sp³-hybridized carbons (Fsp3) is 0.311. The summed E-state index contributed by atoms with van der Waals surface area (Å²) in [6, 6.07) is 22.5. The third kappa shape index (κ3) is 8.15. The molecule has 0 bridgehead atoms. The summed E-state index contributed by atoms with van der Waals surface area (Å²) in [4.78, 5) is 29.3. The van der Waals surface area contributed by atoms with Crippen molar-refractivity contribution in [1.29, 1.82) is 0 Å². The van der Waals surface area contributed by atoms with Crippen molar-refractivity contribution in [2.45, 2.75) is 51.4 Å². The van der Waals surface area contributed by atoms with Crippen molar-refractivity contribution < 1.29 is 23.7 Å². The lowest BCUT2D eigenvalue weighted by atomic mass is 9.90. The molecule has 4 N–H and O–H groups in total. The summed E-state index contributed by atoms with van der Waals surface area (Å²) in [5, 5.41) is 17.2. The second-order valence-corrected chi connectivity index (χ2v) is 15.1. The molecule has 4 aromatic heterocycles. The van der Waals surface area contributed by atoms with Gasteiger partial charge in [0.25, 0.3) is 0 Å². The molecular weight excluding hydrogens is 761 g/mol. The van der Waals surface area contributed by atoms with E-state index in [9.17, 15) is 0 Å². The van der Waals surface area contributed by atoms with E-state index in [1.807, 2.05) is 86.6 Å². The zero-order chi connectivity index (χ0) is 41.8. The summed E-state index contributed by atoms with van der Waals surface area (Å²) in [6.45, 7) is 6.33. The van der Waals surface area contributed by atoms with Crippen molar-refractivity contribution in [3.05, 3.63) is 119 Å². The van der Waals surface area contributed by atoms with E-state index in [4.69, 9.17) is 40.4 Å². The Morgan fingerprint density at radius 1 is 0.600 bits per heavy atom. The van der Waals surface area contributed by atoms with Crippen molar-refractivity contribution in [1.82, 2.24) is 30.4 Å². The molecule has 0 saturated carbocycles. The number of anilines is 4. The van der Waals surface area contributed by atoms with Gasteiger partial charge in [-0.25, -0.2) is 9.97 Å². The van der Waals surface area contributed by atoms with Gasteiger partial charge < -0.3 is 40.2 Å². The number of ether oxygens (including phenoxy) is 4. The van der Waals surface area contributed by atoms with Crippen LogP contribution < -0.4 is 40.2 Å². The Bertz CT molecular complexity index is 2300. The predicted octanol–water partition coefficient (Wildman–Crippen LogP) is 7.44. The highest BCUT2D eigenvalue weighted by Gasteiger charge is 2.36. The molecule has 0 spiro atoms. The summed E-state index contributed by atoms with van der Waals surface area (Å²) in [6.07, 6.45) is 6.05. The molecule has 2 aliphatic rings. The fourth-order valence-electron chi connectivity index (χ4n) is 8.33. The van der Waals surface area contributed by atoms with Gasteiger partial charge in [-0.05, 0) is 87.1 Å². The minimum Gasteiger partial charge on any atom is -0.491 e. The standard InChI is InChI=1S/C45H48N10O5/c1-27-23-35(46)50-52-37(27)29-15-19-54(20-16-29)41-39(48-25-33(44(41)57-3)59-31-11-7-5-8-12-31)43(56)40-42(45(58-4)34(26-49-40)60-32-13-9-6-10-14-32)55-21-17-30(18-22-55)38-28(2)24-36(47)51-53-38/h5-14,23-26,29-30H,15-22H2,1-4H3,(H2,46,50)(H2,47,51). The van der Waals surface area contributed by atoms with Crippen LogP contribution in [0.5, 0.6) is 34.5 Å². The summed E-state index contributed by atoms with van der Waals surface area (Å²) < 4.78 is 25.0. The third-order valence-electron chi connectivity index (χ3n) is 11.2. The van der Waals surface area contributed by atoms with Gasteiger partial charge in [0.2, 0.25) is 5.78 Å². The number of nitrogens with two attached hydrogens (primary N) is 2. The first-order chi connectivity index (χ1) is 29.2. The Labute approximate surface area is 348 Å². The number of hydrogen-bond acceptors (Lipinski definition) is 15. The van der Waals surface area contributed by atoms with Crippen molar-refractivity contribution in [3.8, 4) is 34.5 Å². The average Bonchev–Trinajstić information content (AvgIpc) is 3.27. The Balaban J connectivity index is 1.20. The molecule has 2 aromatic carbocycles. The van der Waals surface area contributed by atoms with Crippen LogP contribution in [0.4, 0.5) is 23.0 Å². The molecule has 308 valence electrons. The molecule has 6 heterocycles. The van der Waals surface area contributed by atoms with Gasteiger partial charge in [0.1, 0.15) is 45.9 Å². The van der Waals surface area contributed by atoms with Crippen LogP contribution in [-0.2, 0) is 0 Å². The number of carbonyl (C=O) groups is 1. The first kappa shape index (κ1) is 39.8. The van der Waals surface area contributed by atoms with Gasteiger partial charge in [0.05, 0.1) is 38.0 Å². The monoisotopic (exact) mass is 808 g/mol. The van der Waals surface area contributed by atoms with Crippen LogP contribution in [0.25, 0.3) is 0 Å². The highest BCUT2D eigenvalue weighted by Crippen LogP contribution is 2.47. The molecule has 2 aliphatic heterocycles. The number of methoxy groups -OCH3 is 2. The van der Waals surface area contributed by atoms with E-state index >= 15 is 4.79 Å². The Kier molecular flexibility index (Phi) is 11.6. The van der Waals surface area contributed by atoms with Crippen LogP contribution in [0.2, 0.25) is 0 Å². The SMILES string of the molecule is COc1c(Oc2ccccc2)cnc(C(=O)c2ncc(Oc3ccccc3)c(OC)c2N2CCC(c3nnc(N)cc3C)CC2)c1N1CCC(c2nnc(N)cc2C)CC1. The number of piperidine rings is 2. The molecule has 0 atom stereocenters. The van der Waals surface area contributed by atoms with Crippen LogP contribution in [0, 0.1) is 13.8 Å². The molecule has 0 aliphatic carbocycles. The van der Waals surface area contributed by atoms with Crippen molar-refractivity contribution in [2.75, 3.05) is 61.7 Å². The number of nitrogen functional groups attached to an aromatic ring is 2. The van der Waals surface area contributed by atoms with E-state index in [2.05, 4.69) is 30.2 Å². The zero-order valence-electron chi connectivity index (χ0n) is 34.2. The van der Waals surface area contributed by atoms with E-state index in [0.29, 0.717) is 83.7 Å². The second-order valence-electron chi connectivity index (χ2n) is 15.1. The molecule has 15 heteroatoms. The first-order valence-corrected chi connectivity index (χ1v) is 20.1. The molecule has 2 fully saturated rings. The van der Waals surface area contributed by atoms with Crippen molar-refractivity contribution in [2.24, 2.45) is 0 Å². The Hall–Kier alpha value is -7.03. The number of ketones is 1. The minimum atomic E-state index is -0.404. The second kappa shape index (κ2) is 17.4. The summed E-state index contributed by atoms with van der Waals surface area (Å²) in [5.41, 5.74) is 17.1. The lowest BCUT2D eigenvalue weighted by Crippen LogP contribution is -2.36. The fourth-order valence-corrected chi connectivity index (χ4v) is 8.33. The van der Waals surface area contributed by atoms with Crippen LogP contribution in [0.3, 0.4) is 0 Å². The molecule has 6 aromatic rings. The molecule has 15 nitrogen and oxygen atoms in total. The van der Waals surface area contributed by atoms with Gasteiger partial charge in [0.15, 0.2) is 23.0 Å². The number of aryl methyl sites for hydroxylation is 2. The molecule has 2 saturated heterocycles. The zero-order valence-corrected chi connectivity index (χ0v) is 34.2. The Morgan fingerprint density at radius 2 is 0.983 bits per heavy atom. The van der Waals surface area contributed by atoms with Gasteiger partial charge in [-0.15, -0.1) is 10.2 Å². The van der Waals surface area contributed by atoms with Gasteiger partial charge >= 0.3 is 0 Å². The number of aromatic nitrogens is 6. The normalized spacial score (nSPS) is 14.8. The Morgan fingerprint density at radius 3 is 1.33 bits per heavy atom. The minimum absolute atomic E-state index is 0.150. The van der Waals surface area contributed by atoms with E-state index in [-0.39, 0.29) is 23.2 Å². The summed E-state index contributed by atoms with van der Waals surface area (Å²) in [7, 11) is 3.15. The predicted molar refractivity (Wildman–Crippen MR) is 229 cm³/mol. The molecule has 60 heavy (non-hydrogen) atoms. The number of nitrogens with zero attached hydrogens (tertiary/aromatic N) is 8. The number of para-hydroxylation sites is 2. The summed E-state index contributed by atoms with van der Waals surface area (Å²) in [5.74, 6) is 3.40. The molecule has 8 rings (SSSR count). The summed E-state index contributed by atoms with van der Waals surface area (Å²) >= 11 is 0. The van der Waals surface area contributed by atoms with Gasteiger partial charge in [0, 0.05) is 38.0 Å². The quantitative estimate of drug-likeness (QED) is 0.116. The van der Waals surface area contributed by atoms with Gasteiger partial charge in [-0.2, -0.15) is 10.2 Å². The first-order valence-electron chi connectivity index (χ1n) is 20.1. The maximum absolute atomic E-state index is 15.3. The van der Waals surface area contributed by atoms with Crippen LogP contribution in [-0.4, -0.2) is 76.5 Å². The molecule has 0 unspecified atom stereocenters. The van der Waals surface area contributed by atoms with E-state index in [1.54, 1.807) is 14.2 Å². The lowest BCUT2D eigenvalue weighted by Gasteiger charge is -2.36. The highest BCUT2D eigenvalue weighted by molar-refractivity contribution is 6.14. The number of carbonyl (C=O) groups excluding carboxylic acids is 1. The molecule has 0 radical (unpaired) electrons. The molecular formula is C45H48N10O5. The lowest BCUT2D eigenvalue weighted by molar-refractivity contribution is 0.102. The van der Waals surface area contributed by atoms with Crippen LogP contribution in [0.15, 0.2) is 85.2 Å². The topological polar surface area (TPSA) is 190 Å².